The van der Waals surface area contributed by atoms with E-state index in [4.69, 9.17) is 9.47 Å². The van der Waals surface area contributed by atoms with Crippen LogP contribution in [0.5, 0.6) is 0 Å². The minimum atomic E-state index is -1.29. The smallest absolute Gasteiger partial charge is 0.306 e. The van der Waals surface area contributed by atoms with Gasteiger partial charge in [-0.2, -0.15) is 0 Å². The molecule has 2 unspecified atom stereocenters. The summed E-state index contributed by atoms with van der Waals surface area (Å²) in [6.07, 6.45) is 16.0. The fraction of sp³-hybridized carbons (Fsp3) is 0.833. The van der Waals surface area contributed by atoms with Gasteiger partial charge in [0.15, 0.2) is 0 Å². The van der Waals surface area contributed by atoms with E-state index >= 15 is 0 Å². The highest BCUT2D eigenvalue weighted by molar-refractivity contribution is 8.27. The number of carbonyl (C=O) groups excluding carboxylic acids is 1. The standard InChI is InChI=1S/C17H30O3.CH3OPS/c1-19-15-11-7-3-6-10-14-17(18)20-16-12-8-4-2-5-9-13-16;1-3(2)4/h2,4,16H,3,5-15H2,1H3;1H3/b4-2+;. The number of ether oxygens (including phenoxy) is 2. The van der Waals surface area contributed by atoms with E-state index < -0.39 is 7.00 Å². The van der Waals surface area contributed by atoms with Crippen LogP contribution in [0.3, 0.4) is 0 Å². The van der Waals surface area contributed by atoms with Gasteiger partial charge in [-0.3, -0.25) is 4.79 Å². The van der Waals surface area contributed by atoms with Crippen LogP contribution in [0.15, 0.2) is 12.2 Å². The molecule has 0 aliphatic heterocycles. The van der Waals surface area contributed by atoms with Crippen molar-refractivity contribution in [2.24, 2.45) is 0 Å². The van der Waals surface area contributed by atoms with Crippen LogP contribution < -0.4 is 0 Å². The summed E-state index contributed by atoms with van der Waals surface area (Å²) in [6, 6.07) is 0. The summed E-state index contributed by atoms with van der Waals surface area (Å²) in [6.45, 7) is 2.34. The minimum absolute atomic E-state index is 0.00329. The first kappa shape index (κ1) is 23.6. The van der Waals surface area contributed by atoms with E-state index in [9.17, 15) is 9.36 Å². The van der Waals surface area contributed by atoms with Gasteiger partial charge in [-0.15, -0.1) is 4.57 Å². The molecule has 1 aliphatic rings. The van der Waals surface area contributed by atoms with Gasteiger partial charge >= 0.3 is 5.97 Å². The Morgan fingerprint density at radius 3 is 2.46 bits per heavy atom. The van der Waals surface area contributed by atoms with E-state index in [0.717, 1.165) is 58.0 Å². The molecule has 0 spiro atoms. The molecule has 0 heterocycles. The fourth-order valence-electron chi connectivity index (χ4n) is 2.53. The van der Waals surface area contributed by atoms with E-state index in [1.807, 2.05) is 0 Å². The predicted octanol–water partition coefficient (Wildman–Crippen LogP) is 5.31. The van der Waals surface area contributed by atoms with Crippen LogP contribution >= 0.6 is 7.00 Å². The van der Waals surface area contributed by atoms with Crippen molar-refractivity contribution in [3.63, 3.8) is 0 Å². The van der Waals surface area contributed by atoms with E-state index in [1.54, 1.807) is 7.11 Å². The molecule has 0 aromatic rings. The van der Waals surface area contributed by atoms with Crippen LogP contribution in [0, 0.1) is 0 Å². The Hall–Kier alpha value is -0.380. The lowest BCUT2D eigenvalue weighted by atomic mass is 10.0. The number of allylic oxidation sites excluding steroid dienone is 2. The van der Waals surface area contributed by atoms with Crippen molar-refractivity contribution in [3.05, 3.63) is 12.2 Å². The molecule has 0 N–H and O–H groups in total. The van der Waals surface area contributed by atoms with Crippen molar-refractivity contribution in [1.29, 1.82) is 0 Å². The molecule has 0 radical (unpaired) electrons. The van der Waals surface area contributed by atoms with Crippen LogP contribution in [0.4, 0.5) is 0 Å². The number of methoxy groups -OCH3 is 1. The first-order chi connectivity index (χ1) is 11.6. The molecule has 1 aliphatic carbocycles. The zero-order valence-electron chi connectivity index (χ0n) is 15.2. The molecule has 0 bridgehead atoms. The first-order valence-electron chi connectivity index (χ1n) is 8.97. The largest absolute Gasteiger partial charge is 0.462 e. The average molecular weight is 376 g/mol. The second-order valence-electron chi connectivity index (χ2n) is 6.04. The Morgan fingerprint density at radius 1 is 1.12 bits per heavy atom. The van der Waals surface area contributed by atoms with Gasteiger partial charge in [-0.1, -0.05) is 31.4 Å². The maximum Gasteiger partial charge on any atom is 0.306 e. The SMILES string of the molecule is COCCCCCCCC(=O)OC1CC/C=C/CCC1.C[P+](=O)[S-]. The average Bonchev–Trinajstić information content (AvgIpc) is 2.48. The van der Waals surface area contributed by atoms with Crippen molar-refractivity contribution < 1.29 is 18.8 Å². The third-order valence-corrected chi connectivity index (χ3v) is 3.75. The number of hydrogen-bond donors (Lipinski definition) is 0. The van der Waals surface area contributed by atoms with Gasteiger partial charge in [0.05, 0.1) is 0 Å². The molecule has 0 aromatic carbocycles. The number of carbonyl (C=O) groups is 1. The Labute approximate surface area is 153 Å². The molecule has 0 fully saturated rings. The first-order valence-corrected chi connectivity index (χ1v) is 11.7. The minimum Gasteiger partial charge on any atom is -0.462 e. The van der Waals surface area contributed by atoms with Crippen LogP contribution in [0.1, 0.15) is 70.6 Å². The topological polar surface area (TPSA) is 52.6 Å². The summed E-state index contributed by atoms with van der Waals surface area (Å²) < 4.78 is 20.0. The normalized spacial score (nSPS) is 19.3. The van der Waals surface area contributed by atoms with Crippen LogP contribution in [-0.4, -0.2) is 32.5 Å². The molecule has 6 heteroatoms. The van der Waals surface area contributed by atoms with E-state index in [2.05, 4.69) is 24.4 Å². The van der Waals surface area contributed by atoms with Gasteiger partial charge in [0.1, 0.15) is 12.8 Å². The van der Waals surface area contributed by atoms with Gasteiger partial charge in [0.25, 0.3) is 0 Å². The third-order valence-electron chi connectivity index (χ3n) is 3.75. The van der Waals surface area contributed by atoms with Gasteiger partial charge in [-0.25, -0.2) is 0 Å². The second-order valence-corrected chi connectivity index (χ2v) is 8.46. The summed E-state index contributed by atoms with van der Waals surface area (Å²) in [5.74, 6) is -0.00329. The Bertz CT molecular complexity index is 357. The lowest BCUT2D eigenvalue weighted by molar-refractivity contribution is -0.149. The molecule has 0 saturated heterocycles. The monoisotopic (exact) mass is 376 g/mol. The highest BCUT2D eigenvalue weighted by Gasteiger charge is 2.14. The Kier molecular flexibility index (Phi) is 17.2. The van der Waals surface area contributed by atoms with Crippen molar-refractivity contribution >= 4 is 25.2 Å². The number of esters is 1. The highest BCUT2D eigenvalue weighted by Crippen LogP contribution is 2.16. The van der Waals surface area contributed by atoms with E-state index in [0.29, 0.717) is 6.42 Å². The Morgan fingerprint density at radius 2 is 1.75 bits per heavy atom. The summed E-state index contributed by atoms with van der Waals surface area (Å²) in [5.41, 5.74) is 0. The van der Waals surface area contributed by atoms with E-state index in [1.165, 1.54) is 19.5 Å². The highest BCUT2D eigenvalue weighted by atomic mass is 32.7. The lowest BCUT2D eigenvalue weighted by Gasteiger charge is -2.18. The third kappa shape index (κ3) is 18.0. The molecule has 0 aromatic heterocycles. The maximum atomic E-state index is 11.8. The molecule has 0 saturated carbocycles. The fourth-order valence-corrected chi connectivity index (χ4v) is 2.53. The van der Waals surface area contributed by atoms with Crippen molar-refractivity contribution in [3.8, 4) is 0 Å². The lowest BCUT2D eigenvalue weighted by Crippen LogP contribution is -2.18. The molecule has 1 rings (SSSR count). The molecule has 4 nitrogen and oxygen atoms in total. The Balaban J connectivity index is 0.00000118. The second kappa shape index (κ2) is 17.4. The summed E-state index contributed by atoms with van der Waals surface area (Å²) in [7, 11) is 0.450. The maximum absolute atomic E-state index is 11.8. The number of unbranched alkanes of at least 4 members (excludes halogenated alkanes) is 4. The molecular weight excluding hydrogens is 343 g/mol. The van der Waals surface area contributed by atoms with Crippen LogP contribution in [0.25, 0.3) is 0 Å². The van der Waals surface area contributed by atoms with Gasteiger partial charge in [0.2, 0.25) is 7.00 Å². The zero-order valence-corrected chi connectivity index (χ0v) is 16.9. The predicted molar refractivity (Wildman–Crippen MR) is 103 cm³/mol. The number of hydrogen-bond acceptors (Lipinski definition) is 5. The molecule has 24 heavy (non-hydrogen) atoms. The summed E-state index contributed by atoms with van der Waals surface area (Å²) in [4.78, 5) is 11.8. The van der Waals surface area contributed by atoms with Gasteiger partial charge < -0.3 is 21.7 Å². The molecule has 0 amide bonds. The molecule has 2 atom stereocenters. The quantitative estimate of drug-likeness (QED) is 0.179. The van der Waals surface area contributed by atoms with E-state index in [-0.39, 0.29) is 12.1 Å². The summed E-state index contributed by atoms with van der Waals surface area (Å²) in [5, 5.41) is 0. The van der Waals surface area contributed by atoms with Crippen LogP contribution in [-0.2, 0) is 31.1 Å². The van der Waals surface area contributed by atoms with Gasteiger partial charge in [0, 0.05) is 20.1 Å². The van der Waals surface area contributed by atoms with Crippen molar-refractivity contribution in [2.45, 2.75) is 76.7 Å². The zero-order chi connectivity index (χ0) is 18.0. The molecular formula is C18H33O4PS. The number of rotatable bonds is 9. The van der Waals surface area contributed by atoms with Crippen molar-refractivity contribution in [1.82, 2.24) is 0 Å². The molecule has 140 valence electrons. The summed E-state index contributed by atoms with van der Waals surface area (Å²) >= 11 is 4.13. The van der Waals surface area contributed by atoms with Crippen molar-refractivity contribution in [2.75, 3.05) is 20.4 Å². The van der Waals surface area contributed by atoms with Crippen LogP contribution in [0.2, 0.25) is 0 Å². The van der Waals surface area contributed by atoms with Gasteiger partial charge in [-0.05, 0) is 44.9 Å².